The van der Waals surface area contributed by atoms with Crippen molar-refractivity contribution in [3.63, 3.8) is 0 Å². The van der Waals surface area contributed by atoms with Crippen molar-refractivity contribution in [1.29, 1.82) is 0 Å². The number of benzene rings is 2. The highest BCUT2D eigenvalue weighted by atomic mass is 19.1. The third-order valence-electron chi connectivity index (χ3n) is 5.14. The lowest BCUT2D eigenvalue weighted by molar-refractivity contribution is 0.102. The standard InChI is InChI=1S/C22H23FN4O/c1-16-21(14-24-27(16)20-10-6-18(23)7-11-20)22(28)25-19-8-4-17(5-9-19)15-26-12-2-3-13-26/h4-11,14H,2-3,12-13,15H2,1H3,(H,25,28). The van der Waals surface area contributed by atoms with E-state index in [1.54, 1.807) is 16.8 Å². The molecule has 0 radical (unpaired) electrons. The molecule has 0 unspecified atom stereocenters. The van der Waals surface area contributed by atoms with Gasteiger partial charge in [-0.2, -0.15) is 5.10 Å². The quantitative estimate of drug-likeness (QED) is 0.725. The number of amides is 1. The number of likely N-dealkylation sites (tertiary alicyclic amines) is 1. The summed E-state index contributed by atoms with van der Waals surface area (Å²) in [4.78, 5) is 15.1. The first-order valence-corrected chi connectivity index (χ1v) is 9.53. The van der Waals surface area contributed by atoms with Crippen LogP contribution in [0.15, 0.2) is 54.7 Å². The van der Waals surface area contributed by atoms with Crippen LogP contribution in [0, 0.1) is 12.7 Å². The van der Waals surface area contributed by atoms with Crippen LogP contribution in [0.4, 0.5) is 10.1 Å². The molecule has 0 aliphatic carbocycles. The molecule has 0 saturated carbocycles. The largest absolute Gasteiger partial charge is 0.322 e. The van der Waals surface area contributed by atoms with Crippen LogP contribution in [-0.4, -0.2) is 33.7 Å². The highest BCUT2D eigenvalue weighted by Crippen LogP contribution is 2.18. The lowest BCUT2D eigenvalue weighted by Gasteiger charge is -2.14. The molecule has 2 aromatic carbocycles. The lowest BCUT2D eigenvalue weighted by Crippen LogP contribution is -2.18. The van der Waals surface area contributed by atoms with E-state index >= 15 is 0 Å². The first-order valence-electron chi connectivity index (χ1n) is 9.53. The molecule has 3 aromatic rings. The molecule has 144 valence electrons. The number of aromatic nitrogens is 2. The predicted octanol–water partition coefficient (Wildman–Crippen LogP) is 4.17. The van der Waals surface area contributed by atoms with Crippen LogP contribution in [0.5, 0.6) is 0 Å². The molecule has 0 spiro atoms. The zero-order valence-electron chi connectivity index (χ0n) is 15.9. The van der Waals surface area contributed by atoms with Crippen LogP contribution in [0.1, 0.15) is 34.5 Å². The normalized spacial score (nSPS) is 14.4. The van der Waals surface area contributed by atoms with Crippen LogP contribution in [-0.2, 0) is 6.54 Å². The summed E-state index contributed by atoms with van der Waals surface area (Å²) in [5.74, 6) is -0.516. The lowest BCUT2D eigenvalue weighted by atomic mass is 10.2. The summed E-state index contributed by atoms with van der Waals surface area (Å²) in [5, 5.41) is 7.21. The van der Waals surface area contributed by atoms with Crippen LogP contribution >= 0.6 is 0 Å². The minimum Gasteiger partial charge on any atom is -0.322 e. The fourth-order valence-electron chi connectivity index (χ4n) is 3.57. The van der Waals surface area contributed by atoms with Crippen molar-refractivity contribution in [1.82, 2.24) is 14.7 Å². The van der Waals surface area contributed by atoms with E-state index in [0.717, 1.165) is 25.3 Å². The molecule has 1 fully saturated rings. The van der Waals surface area contributed by atoms with E-state index in [0.29, 0.717) is 16.9 Å². The second-order valence-corrected chi connectivity index (χ2v) is 7.17. The molecule has 1 amide bonds. The van der Waals surface area contributed by atoms with Gasteiger partial charge in [-0.05, 0) is 74.8 Å². The molecule has 28 heavy (non-hydrogen) atoms. The van der Waals surface area contributed by atoms with Crippen LogP contribution in [0.3, 0.4) is 0 Å². The minimum absolute atomic E-state index is 0.210. The van der Waals surface area contributed by atoms with E-state index in [9.17, 15) is 9.18 Å². The smallest absolute Gasteiger partial charge is 0.259 e. The van der Waals surface area contributed by atoms with E-state index in [2.05, 4.69) is 27.4 Å². The van der Waals surface area contributed by atoms with Gasteiger partial charge in [0.15, 0.2) is 0 Å². The molecule has 1 saturated heterocycles. The Bertz CT molecular complexity index is 957. The number of halogens is 1. The molecule has 4 rings (SSSR count). The number of hydrogen-bond acceptors (Lipinski definition) is 3. The SMILES string of the molecule is Cc1c(C(=O)Nc2ccc(CN3CCCC3)cc2)cnn1-c1ccc(F)cc1. The maximum atomic E-state index is 13.1. The van der Waals surface area contributed by atoms with Crippen LogP contribution in [0.25, 0.3) is 5.69 Å². The van der Waals surface area contributed by atoms with Crippen molar-refractivity contribution in [2.24, 2.45) is 0 Å². The summed E-state index contributed by atoms with van der Waals surface area (Å²) in [6.07, 6.45) is 4.09. The Morgan fingerprint density at radius 1 is 1.07 bits per heavy atom. The molecule has 6 heteroatoms. The average Bonchev–Trinajstić information content (AvgIpc) is 3.34. The Hall–Kier alpha value is -2.99. The second kappa shape index (κ2) is 7.94. The molecule has 1 N–H and O–H groups in total. The maximum absolute atomic E-state index is 13.1. The van der Waals surface area contributed by atoms with Gasteiger partial charge in [0, 0.05) is 12.2 Å². The Kier molecular flexibility index (Phi) is 5.21. The van der Waals surface area contributed by atoms with E-state index in [-0.39, 0.29) is 11.7 Å². The molecule has 0 bridgehead atoms. The maximum Gasteiger partial charge on any atom is 0.259 e. The Morgan fingerprint density at radius 2 is 1.75 bits per heavy atom. The summed E-state index contributed by atoms with van der Waals surface area (Å²) in [7, 11) is 0. The van der Waals surface area contributed by atoms with Crippen molar-refractivity contribution in [3.05, 3.63) is 77.4 Å². The van der Waals surface area contributed by atoms with Gasteiger partial charge in [-0.3, -0.25) is 9.69 Å². The van der Waals surface area contributed by atoms with Crippen LogP contribution in [0.2, 0.25) is 0 Å². The monoisotopic (exact) mass is 378 g/mol. The van der Waals surface area contributed by atoms with Gasteiger partial charge in [0.25, 0.3) is 5.91 Å². The number of carbonyl (C=O) groups is 1. The zero-order valence-corrected chi connectivity index (χ0v) is 15.9. The molecule has 1 aliphatic rings. The van der Waals surface area contributed by atoms with Gasteiger partial charge in [-0.15, -0.1) is 0 Å². The zero-order chi connectivity index (χ0) is 19.5. The Labute approximate surface area is 163 Å². The molecule has 2 heterocycles. The van der Waals surface area contributed by atoms with Gasteiger partial charge in [0.1, 0.15) is 5.82 Å². The number of carbonyl (C=O) groups excluding carboxylic acids is 1. The molecule has 5 nitrogen and oxygen atoms in total. The molecule has 1 aliphatic heterocycles. The minimum atomic E-state index is -0.306. The van der Waals surface area contributed by atoms with Crippen molar-refractivity contribution in [2.45, 2.75) is 26.3 Å². The summed E-state index contributed by atoms with van der Waals surface area (Å²) in [6.45, 7) is 5.10. The fourth-order valence-corrected chi connectivity index (χ4v) is 3.57. The summed E-state index contributed by atoms with van der Waals surface area (Å²) < 4.78 is 14.8. The van der Waals surface area contributed by atoms with Crippen molar-refractivity contribution in [2.75, 3.05) is 18.4 Å². The molecule has 1 aromatic heterocycles. The van der Waals surface area contributed by atoms with Crippen molar-refractivity contribution in [3.8, 4) is 5.69 Å². The summed E-state index contributed by atoms with van der Waals surface area (Å²) in [6, 6.07) is 14.0. The van der Waals surface area contributed by atoms with Gasteiger partial charge in [0.05, 0.1) is 23.1 Å². The second-order valence-electron chi connectivity index (χ2n) is 7.17. The van der Waals surface area contributed by atoms with E-state index in [1.165, 1.54) is 36.7 Å². The highest BCUT2D eigenvalue weighted by Gasteiger charge is 2.16. The van der Waals surface area contributed by atoms with Gasteiger partial charge in [0.2, 0.25) is 0 Å². The summed E-state index contributed by atoms with van der Waals surface area (Å²) >= 11 is 0. The predicted molar refractivity (Wildman–Crippen MR) is 107 cm³/mol. The van der Waals surface area contributed by atoms with Gasteiger partial charge >= 0.3 is 0 Å². The van der Waals surface area contributed by atoms with Crippen molar-refractivity contribution < 1.29 is 9.18 Å². The molecular weight excluding hydrogens is 355 g/mol. The molecule has 0 atom stereocenters. The first-order chi connectivity index (χ1) is 13.6. The highest BCUT2D eigenvalue weighted by molar-refractivity contribution is 6.04. The first kappa shape index (κ1) is 18.4. The average molecular weight is 378 g/mol. The number of hydrogen-bond donors (Lipinski definition) is 1. The Morgan fingerprint density at radius 3 is 2.43 bits per heavy atom. The number of nitrogens with one attached hydrogen (secondary N) is 1. The third-order valence-corrected chi connectivity index (χ3v) is 5.14. The Balaban J connectivity index is 1.44. The number of anilines is 1. The fraction of sp³-hybridized carbons (Fsp3) is 0.273. The number of nitrogens with zero attached hydrogens (tertiary/aromatic N) is 3. The number of rotatable bonds is 5. The summed E-state index contributed by atoms with van der Waals surface area (Å²) in [5.41, 5.74) is 3.91. The van der Waals surface area contributed by atoms with E-state index in [4.69, 9.17) is 0 Å². The van der Waals surface area contributed by atoms with Crippen LogP contribution < -0.4 is 5.32 Å². The third kappa shape index (κ3) is 3.97. The van der Waals surface area contributed by atoms with Crippen molar-refractivity contribution >= 4 is 11.6 Å². The van der Waals surface area contributed by atoms with E-state index in [1.807, 2.05) is 19.1 Å². The molecular formula is C22H23FN4O. The van der Waals surface area contributed by atoms with Gasteiger partial charge in [-0.25, -0.2) is 9.07 Å². The van der Waals surface area contributed by atoms with E-state index < -0.39 is 0 Å². The topological polar surface area (TPSA) is 50.2 Å². The van der Waals surface area contributed by atoms with Gasteiger partial charge in [-0.1, -0.05) is 12.1 Å². The van der Waals surface area contributed by atoms with Gasteiger partial charge < -0.3 is 5.32 Å².